The van der Waals surface area contributed by atoms with Crippen molar-refractivity contribution in [3.8, 4) is 0 Å². The standard InChI is InChI=1S/C28H26ClF2N5O3/c1-32-27(8-9-27)24-20(30)10-16(11-21(24)31)6-7-28(17-4-2-3-5-17)13-22(37)19(25(38)39-28)12-23-34-26-33-14-18(29)15-36(26)35-23/h10-11,14-15,17,37H,2-9,12-13H2. The van der Waals surface area contributed by atoms with Crippen LogP contribution in [-0.2, 0) is 27.9 Å². The monoisotopic (exact) mass is 553 g/mol. The molecule has 1 aliphatic heterocycles. The molecule has 3 aromatic rings. The van der Waals surface area contributed by atoms with Crippen LogP contribution in [0, 0.1) is 24.1 Å². The molecule has 2 saturated carbocycles. The van der Waals surface area contributed by atoms with Gasteiger partial charge in [-0.2, -0.15) is 4.98 Å². The number of aryl methyl sites for hydroxylation is 1. The Morgan fingerprint density at radius 1 is 1.23 bits per heavy atom. The van der Waals surface area contributed by atoms with Crippen LogP contribution in [0.3, 0.4) is 0 Å². The van der Waals surface area contributed by atoms with Crippen molar-refractivity contribution < 1.29 is 23.4 Å². The van der Waals surface area contributed by atoms with Crippen LogP contribution in [0.25, 0.3) is 10.6 Å². The first-order chi connectivity index (χ1) is 18.7. The van der Waals surface area contributed by atoms with Gasteiger partial charge < -0.3 is 14.7 Å². The third-order valence-corrected chi connectivity index (χ3v) is 8.53. The molecule has 2 aliphatic carbocycles. The summed E-state index contributed by atoms with van der Waals surface area (Å²) in [5, 5.41) is 15.8. The van der Waals surface area contributed by atoms with Crippen molar-refractivity contribution in [1.29, 1.82) is 0 Å². The second kappa shape index (κ2) is 9.56. The summed E-state index contributed by atoms with van der Waals surface area (Å²) >= 11 is 5.96. The van der Waals surface area contributed by atoms with E-state index in [4.69, 9.17) is 22.9 Å². The number of hydrogen-bond acceptors (Lipinski definition) is 6. The van der Waals surface area contributed by atoms with Crippen molar-refractivity contribution >= 4 is 23.3 Å². The molecule has 1 N–H and O–H groups in total. The lowest BCUT2D eigenvalue weighted by Gasteiger charge is -2.41. The van der Waals surface area contributed by atoms with E-state index in [-0.39, 0.29) is 47.9 Å². The number of aliphatic hydroxyl groups excluding tert-OH is 1. The van der Waals surface area contributed by atoms with Gasteiger partial charge in [0.1, 0.15) is 28.6 Å². The van der Waals surface area contributed by atoms with Crippen LogP contribution >= 0.6 is 11.6 Å². The first-order valence-corrected chi connectivity index (χ1v) is 13.5. The van der Waals surface area contributed by atoms with Gasteiger partial charge in [0.15, 0.2) is 5.82 Å². The minimum absolute atomic E-state index is 0.0237. The summed E-state index contributed by atoms with van der Waals surface area (Å²) in [6.07, 6.45) is 8.18. The molecule has 1 atom stereocenters. The molecule has 0 spiro atoms. The van der Waals surface area contributed by atoms with E-state index in [0.717, 1.165) is 25.7 Å². The number of esters is 1. The van der Waals surface area contributed by atoms with Gasteiger partial charge in [-0.1, -0.05) is 24.4 Å². The fourth-order valence-corrected chi connectivity index (χ4v) is 6.27. The van der Waals surface area contributed by atoms with Crippen LogP contribution in [0.5, 0.6) is 0 Å². The average Bonchev–Trinajstić information content (AvgIpc) is 3.28. The molecule has 202 valence electrons. The van der Waals surface area contributed by atoms with Gasteiger partial charge in [-0.15, -0.1) is 5.10 Å². The highest BCUT2D eigenvalue weighted by Gasteiger charge is 2.56. The third-order valence-electron chi connectivity index (χ3n) is 8.34. The summed E-state index contributed by atoms with van der Waals surface area (Å²) in [5.74, 6) is -1.52. The van der Waals surface area contributed by atoms with Crippen molar-refractivity contribution in [2.75, 3.05) is 0 Å². The van der Waals surface area contributed by atoms with Crippen LogP contribution in [-0.4, -0.2) is 36.3 Å². The highest BCUT2D eigenvalue weighted by Crippen LogP contribution is 2.52. The van der Waals surface area contributed by atoms with Crippen molar-refractivity contribution in [2.24, 2.45) is 5.92 Å². The largest absolute Gasteiger partial charge is 0.512 e. The van der Waals surface area contributed by atoms with Gasteiger partial charge in [0.2, 0.25) is 0 Å². The topological polar surface area (TPSA) is 94.0 Å². The molecule has 3 heterocycles. The zero-order valence-electron chi connectivity index (χ0n) is 21.1. The molecule has 1 unspecified atom stereocenters. The van der Waals surface area contributed by atoms with Gasteiger partial charge in [0, 0.05) is 25.7 Å². The smallest absolute Gasteiger partial charge is 0.338 e. The van der Waals surface area contributed by atoms with Crippen molar-refractivity contribution in [1.82, 2.24) is 19.6 Å². The number of benzene rings is 1. The molecule has 39 heavy (non-hydrogen) atoms. The van der Waals surface area contributed by atoms with E-state index in [9.17, 15) is 18.7 Å². The summed E-state index contributed by atoms with van der Waals surface area (Å²) in [6.45, 7) is 7.35. The number of rotatable bonds is 7. The van der Waals surface area contributed by atoms with Gasteiger partial charge in [-0.05, 0) is 49.3 Å². The van der Waals surface area contributed by atoms with Crippen molar-refractivity contribution in [3.63, 3.8) is 0 Å². The fourth-order valence-electron chi connectivity index (χ4n) is 6.13. The van der Waals surface area contributed by atoms with Gasteiger partial charge in [-0.25, -0.2) is 29.6 Å². The van der Waals surface area contributed by atoms with E-state index in [1.165, 1.54) is 22.8 Å². The Balaban J connectivity index is 1.25. The maximum Gasteiger partial charge on any atom is 0.338 e. The van der Waals surface area contributed by atoms with Crippen molar-refractivity contribution in [2.45, 2.75) is 75.3 Å². The molecule has 1 aromatic carbocycles. The van der Waals surface area contributed by atoms with E-state index >= 15 is 0 Å². The van der Waals surface area contributed by atoms with Crippen LogP contribution in [0.4, 0.5) is 8.78 Å². The number of aliphatic hydroxyl groups is 1. The number of carbonyl (C=O) groups is 1. The number of nitrogens with zero attached hydrogens (tertiary/aromatic N) is 5. The zero-order valence-corrected chi connectivity index (χ0v) is 21.8. The molecule has 3 aliphatic rings. The second-order valence-corrected chi connectivity index (χ2v) is 11.3. The molecule has 0 saturated heterocycles. The van der Waals surface area contributed by atoms with Crippen LogP contribution in [0.1, 0.15) is 68.3 Å². The summed E-state index contributed by atoms with van der Waals surface area (Å²) < 4.78 is 37.4. The molecule has 2 fully saturated rings. The Morgan fingerprint density at radius 2 is 1.95 bits per heavy atom. The summed E-state index contributed by atoms with van der Waals surface area (Å²) in [6, 6.07) is 2.57. The first-order valence-electron chi connectivity index (χ1n) is 13.1. The van der Waals surface area contributed by atoms with Gasteiger partial charge >= 0.3 is 5.97 Å². The summed E-state index contributed by atoms with van der Waals surface area (Å²) in [5.41, 5.74) is -1.71. The molecule has 11 heteroatoms. The Hall–Kier alpha value is -3.58. The van der Waals surface area contributed by atoms with Gasteiger partial charge in [0.25, 0.3) is 11.3 Å². The summed E-state index contributed by atoms with van der Waals surface area (Å²) in [4.78, 5) is 25.1. The Bertz CT molecular complexity index is 1530. The van der Waals surface area contributed by atoms with E-state index in [0.29, 0.717) is 35.6 Å². The number of aromatic nitrogens is 4. The SMILES string of the molecule is [C-]#[N+]C1(c2c(F)cc(CCC3(C4CCCC4)CC(O)=C(Cc4nc5ncc(Cl)cn5n4)C(=O)O3)cc2F)CC1. The minimum atomic E-state index is -1.08. The molecule has 2 aromatic heterocycles. The van der Waals surface area contributed by atoms with Gasteiger partial charge in [-0.3, -0.25) is 0 Å². The predicted molar refractivity (Wildman–Crippen MR) is 137 cm³/mol. The van der Waals surface area contributed by atoms with E-state index in [2.05, 4.69) is 19.9 Å². The van der Waals surface area contributed by atoms with E-state index in [1.54, 1.807) is 6.20 Å². The van der Waals surface area contributed by atoms with Gasteiger partial charge in [0.05, 0.1) is 23.0 Å². The normalized spacial score (nSPS) is 22.8. The average molecular weight is 554 g/mol. The molecular weight excluding hydrogens is 528 g/mol. The second-order valence-electron chi connectivity index (χ2n) is 10.8. The minimum Gasteiger partial charge on any atom is -0.512 e. The number of halogens is 3. The quantitative estimate of drug-likeness (QED) is 0.292. The Kier molecular flexibility index (Phi) is 6.29. The molecule has 6 rings (SSSR count). The van der Waals surface area contributed by atoms with Crippen LogP contribution < -0.4 is 0 Å². The zero-order chi connectivity index (χ0) is 27.4. The van der Waals surface area contributed by atoms with E-state index < -0.39 is 28.7 Å². The van der Waals surface area contributed by atoms with Crippen LogP contribution in [0.15, 0.2) is 35.9 Å². The fraction of sp³-hybridized carbons (Fsp3) is 0.464. The lowest BCUT2D eigenvalue weighted by atomic mass is 9.76. The number of ether oxygens (including phenoxy) is 1. The first kappa shape index (κ1) is 25.7. The maximum atomic E-state index is 14.9. The summed E-state index contributed by atoms with van der Waals surface area (Å²) in [7, 11) is 0. The number of carbonyl (C=O) groups excluding carboxylic acids is 1. The Morgan fingerprint density at radius 3 is 2.59 bits per heavy atom. The number of hydrogen-bond donors (Lipinski definition) is 1. The maximum absolute atomic E-state index is 14.9. The van der Waals surface area contributed by atoms with E-state index in [1.807, 2.05) is 0 Å². The number of cyclic esters (lactones) is 1. The lowest BCUT2D eigenvalue weighted by Crippen LogP contribution is -2.46. The molecule has 0 radical (unpaired) electrons. The highest BCUT2D eigenvalue weighted by molar-refractivity contribution is 6.30. The van der Waals surface area contributed by atoms with Crippen LogP contribution in [0.2, 0.25) is 5.02 Å². The third kappa shape index (κ3) is 4.63. The molecule has 0 amide bonds. The molecular formula is C28H26ClF2N5O3. The van der Waals surface area contributed by atoms with Crippen molar-refractivity contribution in [3.05, 3.63) is 80.9 Å². The molecule has 0 bridgehead atoms. The predicted octanol–water partition coefficient (Wildman–Crippen LogP) is 5.83. The highest BCUT2D eigenvalue weighted by atomic mass is 35.5. The molecule has 8 nitrogen and oxygen atoms in total. The Labute approximate surface area is 228 Å². The number of fused-ring (bicyclic) bond motifs is 1. The lowest BCUT2D eigenvalue weighted by molar-refractivity contribution is -0.167.